The molecule has 1 aliphatic heterocycles. The molecule has 0 saturated carbocycles. The third kappa shape index (κ3) is 4.91. The van der Waals surface area contributed by atoms with E-state index in [1.54, 1.807) is 0 Å². The maximum Gasteiger partial charge on any atom is 0.223 e. The van der Waals surface area contributed by atoms with Crippen LogP contribution in [-0.4, -0.2) is 47.0 Å². The van der Waals surface area contributed by atoms with Crippen molar-refractivity contribution in [3.8, 4) is 0 Å². The highest BCUT2D eigenvalue weighted by Crippen LogP contribution is 2.24. The summed E-state index contributed by atoms with van der Waals surface area (Å²) in [5.41, 5.74) is 1.05. The summed E-state index contributed by atoms with van der Waals surface area (Å²) in [5, 5.41) is 0. The SMILES string of the molecule is Cc1cc(N2CCC(N(C)C(=O)CC(C)(C)C)CC2)nc(C)n1. The number of rotatable bonds is 3. The topological polar surface area (TPSA) is 49.3 Å². The second-order valence-electron chi connectivity index (χ2n) is 7.88. The van der Waals surface area contributed by atoms with Gasteiger partial charge in [0.2, 0.25) is 5.91 Å². The third-order valence-corrected chi connectivity index (χ3v) is 4.36. The summed E-state index contributed by atoms with van der Waals surface area (Å²) in [5.74, 6) is 2.08. The number of amides is 1. The van der Waals surface area contributed by atoms with Crippen molar-refractivity contribution in [2.45, 2.75) is 59.9 Å². The number of hydrogen-bond acceptors (Lipinski definition) is 4. The van der Waals surface area contributed by atoms with Gasteiger partial charge >= 0.3 is 0 Å². The normalized spacial score (nSPS) is 16.5. The first-order valence-corrected chi connectivity index (χ1v) is 8.48. The number of aryl methyl sites for hydroxylation is 2. The molecule has 2 heterocycles. The minimum absolute atomic E-state index is 0.0437. The van der Waals surface area contributed by atoms with E-state index in [2.05, 4.69) is 35.6 Å². The van der Waals surface area contributed by atoms with E-state index >= 15 is 0 Å². The fourth-order valence-corrected chi connectivity index (χ4v) is 3.12. The van der Waals surface area contributed by atoms with Crippen LogP contribution in [0.25, 0.3) is 0 Å². The molecule has 2 rings (SSSR count). The zero-order valence-corrected chi connectivity index (χ0v) is 15.4. The van der Waals surface area contributed by atoms with Gasteiger partial charge in [-0.1, -0.05) is 20.8 Å². The highest BCUT2D eigenvalue weighted by molar-refractivity contribution is 5.76. The van der Waals surface area contributed by atoms with Gasteiger partial charge in [0.15, 0.2) is 0 Å². The van der Waals surface area contributed by atoms with Crippen molar-refractivity contribution in [2.75, 3.05) is 25.0 Å². The van der Waals surface area contributed by atoms with E-state index in [9.17, 15) is 4.79 Å². The molecule has 0 bridgehead atoms. The minimum atomic E-state index is 0.0437. The van der Waals surface area contributed by atoms with Crippen LogP contribution < -0.4 is 4.90 Å². The molecule has 0 unspecified atom stereocenters. The predicted octanol–water partition coefficient (Wildman–Crippen LogP) is 2.96. The van der Waals surface area contributed by atoms with Crippen LogP contribution in [0, 0.1) is 19.3 Å². The molecule has 1 saturated heterocycles. The minimum Gasteiger partial charge on any atom is -0.356 e. The van der Waals surface area contributed by atoms with Crippen molar-refractivity contribution in [1.29, 1.82) is 0 Å². The highest BCUT2D eigenvalue weighted by Gasteiger charge is 2.28. The molecule has 5 heteroatoms. The second-order valence-corrected chi connectivity index (χ2v) is 7.88. The Kier molecular flexibility index (Phi) is 5.27. The summed E-state index contributed by atoms with van der Waals surface area (Å²) in [6.07, 6.45) is 2.59. The number of nitrogens with zero attached hydrogens (tertiary/aromatic N) is 4. The molecule has 1 aromatic heterocycles. The third-order valence-electron chi connectivity index (χ3n) is 4.36. The fourth-order valence-electron chi connectivity index (χ4n) is 3.12. The van der Waals surface area contributed by atoms with Gasteiger partial charge in [0.05, 0.1) is 0 Å². The molecule has 0 atom stereocenters. The van der Waals surface area contributed by atoms with Gasteiger partial charge in [-0.2, -0.15) is 0 Å². The number of anilines is 1. The zero-order chi connectivity index (χ0) is 17.2. The second kappa shape index (κ2) is 6.85. The molecule has 0 aliphatic carbocycles. The molecule has 1 fully saturated rings. The van der Waals surface area contributed by atoms with Gasteiger partial charge in [0.1, 0.15) is 11.6 Å². The van der Waals surface area contributed by atoms with E-state index in [1.165, 1.54) is 0 Å². The lowest BCUT2D eigenvalue weighted by molar-refractivity contribution is -0.134. The van der Waals surface area contributed by atoms with Crippen molar-refractivity contribution in [3.63, 3.8) is 0 Å². The molecule has 1 aliphatic rings. The molecule has 128 valence electrons. The lowest BCUT2D eigenvalue weighted by Crippen LogP contribution is -2.46. The first kappa shape index (κ1) is 17.7. The van der Waals surface area contributed by atoms with Gasteiger partial charge in [-0.15, -0.1) is 0 Å². The number of piperidine rings is 1. The van der Waals surface area contributed by atoms with Gasteiger partial charge in [-0.25, -0.2) is 9.97 Å². The first-order chi connectivity index (χ1) is 10.7. The summed E-state index contributed by atoms with van der Waals surface area (Å²) in [6.45, 7) is 12.1. The smallest absolute Gasteiger partial charge is 0.223 e. The summed E-state index contributed by atoms with van der Waals surface area (Å²) in [7, 11) is 1.95. The maximum absolute atomic E-state index is 12.4. The quantitative estimate of drug-likeness (QED) is 0.860. The van der Waals surface area contributed by atoms with Crippen molar-refractivity contribution >= 4 is 11.7 Å². The first-order valence-electron chi connectivity index (χ1n) is 8.48. The van der Waals surface area contributed by atoms with E-state index < -0.39 is 0 Å². The van der Waals surface area contributed by atoms with E-state index in [1.807, 2.05) is 31.9 Å². The molecule has 23 heavy (non-hydrogen) atoms. The average Bonchev–Trinajstić information content (AvgIpc) is 2.44. The number of carbonyl (C=O) groups is 1. The van der Waals surface area contributed by atoms with Gasteiger partial charge in [-0.3, -0.25) is 4.79 Å². The van der Waals surface area contributed by atoms with Crippen LogP contribution in [0.4, 0.5) is 5.82 Å². The van der Waals surface area contributed by atoms with E-state index in [-0.39, 0.29) is 11.3 Å². The summed E-state index contributed by atoms with van der Waals surface area (Å²) >= 11 is 0. The fraction of sp³-hybridized carbons (Fsp3) is 0.722. The van der Waals surface area contributed by atoms with Crippen LogP contribution in [0.15, 0.2) is 6.07 Å². The molecule has 0 radical (unpaired) electrons. The molecular weight excluding hydrogens is 288 g/mol. The Morgan fingerprint density at radius 1 is 1.26 bits per heavy atom. The van der Waals surface area contributed by atoms with E-state index in [0.29, 0.717) is 12.5 Å². The Morgan fingerprint density at radius 3 is 2.39 bits per heavy atom. The Balaban J connectivity index is 1.94. The Labute approximate surface area is 140 Å². The zero-order valence-electron chi connectivity index (χ0n) is 15.4. The van der Waals surface area contributed by atoms with Gasteiger partial charge in [-0.05, 0) is 32.1 Å². The summed E-state index contributed by atoms with van der Waals surface area (Å²) < 4.78 is 0. The monoisotopic (exact) mass is 318 g/mol. The van der Waals surface area contributed by atoms with Crippen LogP contribution in [0.5, 0.6) is 0 Å². The lowest BCUT2D eigenvalue weighted by Gasteiger charge is -2.38. The van der Waals surface area contributed by atoms with Crippen LogP contribution in [0.3, 0.4) is 0 Å². The van der Waals surface area contributed by atoms with Crippen LogP contribution in [-0.2, 0) is 4.79 Å². The van der Waals surface area contributed by atoms with Crippen LogP contribution >= 0.6 is 0 Å². The molecular formula is C18H30N4O. The van der Waals surface area contributed by atoms with Crippen molar-refractivity contribution in [2.24, 2.45) is 5.41 Å². The van der Waals surface area contributed by atoms with Gasteiger partial charge in [0, 0.05) is 44.4 Å². The predicted molar refractivity (Wildman–Crippen MR) is 93.6 cm³/mol. The average molecular weight is 318 g/mol. The lowest BCUT2D eigenvalue weighted by atomic mass is 9.91. The van der Waals surface area contributed by atoms with Gasteiger partial charge < -0.3 is 9.80 Å². The van der Waals surface area contributed by atoms with Crippen molar-refractivity contribution in [1.82, 2.24) is 14.9 Å². The van der Waals surface area contributed by atoms with Gasteiger partial charge in [0.25, 0.3) is 0 Å². The summed E-state index contributed by atoms with van der Waals surface area (Å²) in [4.78, 5) is 25.5. The molecule has 0 N–H and O–H groups in total. The standard InChI is InChI=1S/C18H30N4O/c1-13-11-16(20-14(2)19-13)22-9-7-15(8-10-22)21(6)17(23)12-18(3,4)5/h11,15H,7-10,12H2,1-6H3. The van der Waals surface area contributed by atoms with Crippen LogP contribution in [0.1, 0.15) is 51.6 Å². The molecule has 0 spiro atoms. The molecule has 1 amide bonds. The Morgan fingerprint density at radius 2 is 1.87 bits per heavy atom. The molecule has 0 aromatic carbocycles. The van der Waals surface area contributed by atoms with Crippen molar-refractivity contribution in [3.05, 3.63) is 17.6 Å². The highest BCUT2D eigenvalue weighted by atomic mass is 16.2. The number of hydrogen-bond donors (Lipinski definition) is 0. The number of carbonyl (C=O) groups excluding carboxylic acids is 1. The van der Waals surface area contributed by atoms with E-state index in [4.69, 9.17) is 0 Å². The van der Waals surface area contributed by atoms with Crippen LogP contribution in [0.2, 0.25) is 0 Å². The maximum atomic E-state index is 12.4. The molecule has 1 aromatic rings. The largest absolute Gasteiger partial charge is 0.356 e. The summed E-state index contributed by atoms with van der Waals surface area (Å²) in [6, 6.07) is 2.38. The van der Waals surface area contributed by atoms with Crippen molar-refractivity contribution < 1.29 is 4.79 Å². The Hall–Kier alpha value is -1.65. The van der Waals surface area contributed by atoms with E-state index in [0.717, 1.165) is 43.3 Å². The molecule has 5 nitrogen and oxygen atoms in total. The number of aromatic nitrogens is 2. The Bertz CT molecular complexity index is 536.